The molecule has 3 aromatic rings. The van der Waals surface area contributed by atoms with Crippen LogP contribution in [-0.2, 0) is 0 Å². The molecule has 8 atom stereocenters. The van der Waals surface area contributed by atoms with Gasteiger partial charge in [0.15, 0.2) is 0 Å². The van der Waals surface area contributed by atoms with Crippen molar-refractivity contribution in [3.05, 3.63) is 106 Å². The zero-order chi connectivity index (χ0) is 20.6. The van der Waals surface area contributed by atoms with E-state index < -0.39 is 0 Å². The average molecular weight is 415 g/mol. The average Bonchev–Trinajstić information content (AvgIpc) is 2.89. The molecule has 0 saturated heterocycles. The first-order valence-corrected chi connectivity index (χ1v) is 13.2. The summed E-state index contributed by atoms with van der Waals surface area (Å²) in [5.41, 5.74) is 10.4. The van der Waals surface area contributed by atoms with Gasteiger partial charge < -0.3 is 0 Å². The molecule has 158 valence electrons. The van der Waals surface area contributed by atoms with Gasteiger partial charge in [0.25, 0.3) is 0 Å². The van der Waals surface area contributed by atoms with E-state index in [1.54, 1.807) is 33.4 Å². The van der Waals surface area contributed by atoms with Gasteiger partial charge in [-0.1, -0.05) is 72.8 Å². The number of rotatable bonds is 0. The van der Waals surface area contributed by atoms with Crippen molar-refractivity contribution in [3.63, 3.8) is 0 Å². The van der Waals surface area contributed by atoms with Crippen LogP contribution < -0.4 is 0 Å². The molecular formula is C32H30. The summed E-state index contributed by atoms with van der Waals surface area (Å²) >= 11 is 0. The molecule has 0 aromatic heterocycles. The van der Waals surface area contributed by atoms with E-state index in [2.05, 4.69) is 72.8 Å². The highest BCUT2D eigenvalue weighted by atomic mass is 14.7. The van der Waals surface area contributed by atoms with E-state index in [9.17, 15) is 0 Å². The summed E-state index contributed by atoms with van der Waals surface area (Å²) in [7, 11) is 0. The smallest absolute Gasteiger partial charge is 0.00846 e. The fraction of sp³-hybridized carbons (Fsp3) is 0.438. The van der Waals surface area contributed by atoms with E-state index in [1.807, 2.05) is 0 Å². The molecule has 32 heavy (non-hydrogen) atoms. The lowest BCUT2D eigenvalue weighted by Gasteiger charge is -2.70. The lowest BCUT2D eigenvalue weighted by Crippen LogP contribution is -2.60. The first kappa shape index (κ1) is 17.2. The van der Waals surface area contributed by atoms with Crippen LogP contribution in [-0.4, -0.2) is 0 Å². The van der Waals surface area contributed by atoms with Gasteiger partial charge in [0.1, 0.15) is 0 Å². The van der Waals surface area contributed by atoms with Crippen LogP contribution in [0.4, 0.5) is 0 Å². The Balaban J connectivity index is 1.32. The van der Waals surface area contributed by atoms with Crippen molar-refractivity contribution in [2.24, 2.45) is 23.7 Å². The fourth-order valence-corrected chi connectivity index (χ4v) is 10.8. The second kappa shape index (κ2) is 5.77. The highest BCUT2D eigenvalue weighted by Gasteiger charge is 2.67. The highest BCUT2D eigenvalue weighted by Crippen LogP contribution is 2.77. The van der Waals surface area contributed by atoms with E-state index in [0.29, 0.717) is 0 Å². The summed E-state index contributed by atoms with van der Waals surface area (Å²) in [6.45, 7) is 0. The Morgan fingerprint density at radius 1 is 0.344 bits per heavy atom. The van der Waals surface area contributed by atoms with Crippen LogP contribution in [0.2, 0.25) is 0 Å². The molecule has 0 amide bonds. The molecule has 3 fully saturated rings. The third-order valence-electron chi connectivity index (χ3n) is 11.3. The summed E-state index contributed by atoms with van der Waals surface area (Å²) in [5, 5.41) is 0. The first-order valence-electron chi connectivity index (χ1n) is 13.2. The van der Waals surface area contributed by atoms with Gasteiger partial charge in [0, 0.05) is 0 Å². The van der Waals surface area contributed by atoms with Gasteiger partial charge >= 0.3 is 0 Å². The van der Waals surface area contributed by atoms with Gasteiger partial charge in [-0.15, -0.1) is 0 Å². The normalized spacial score (nSPS) is 43.1. The van der Waals surface area contributed by atoms with Crippen molar-refractivity contribution >= 4 is 0 Å². The van der Waals surface area contributed by atoms with E-state index in [1.165, 1.54) is 25.7 Å². The molecule has 12 rings (SSSR count). The molecule has 0 radical (unpaired) electrons. The SMILES string of the molecule is c1ccc2c(c1)C1CCC2C2C3c4ccccc4C(C12)C1C2CCC(c4ccccc42)C31. The highest BCUT2D eigenvalue weighted by molar-refractivity contribution is 5.53. The second-order valence-electron chi connectivity index (χ2n) is 11.8. The third kappa shape index (κ3) is 1.79. The Morgan fingerprint density at radius 3 is 0.875 bits per heavy atom. The molecule has 8 unspecified atom stereocenters. The number of hydrogen-bond acceptors (Lipinski definition) is 0. The zero-order valence-electron chi connectivity index (χ0n) is 18.5. The van der Waals surface area contributed by atoms with Crippen LogP contribution in [0.1, 0.15) is 94.6 Å². The van der Waals surface area contributed by atoms with E-state index >= 15 is 0 Å². The molecule has 0 heteroatoms. The van der Waals surface area contributed by atoms with Crippen LogP contribution >= 0.6 is 0 Å². The van der Waals surface area contributed by atoms with Crippen LogP contribution in [0, 0.1) is 23.7 Å². The summed E-state index contributed by atoms with van der Waals surface area (Å²) < 4.78 is 0. The molecule has 3 saturated carbocycles. The van der Waals surface area contributed by atoms with Gasteiger partial charge in [0.05, 0.1) is 0 Å². The van der Waals surface area contributed by atoms with Crippen LogP contribution in [0.15, 0.2) is 72.8 Å². The minimum atomic E-state index is 0.772. The molecule has 3 aromatic carbocycles. The maximum absolute atomic E-state index is 2.54. The number of benzene rings is 3. The summed E-state index contributed by atoms with van der Waals surface area (Å²) in [6, 6.07) is 29.0. The van der Waals surface area contributed by atoms with E-state index in [0.717, 1.165) is 59.2 Å². The number of fused-ring (bicyclic) bond motifs is 2. The predicted octanol–water partition coefficient (Wildman–Crippen LogP) is 7.70. The topological polar surface area (TPSA) is 0 Å². The Labute approximate surface area is 191 Å². The minimum absolute atomic E-state index is 0.772. The van der Waals surface area contributed by atoms with Crippen molar-refractivity contribution < 1.29 is 0 Å². The molecule has 0 N–H and O–H groups in total. The van der Waals surface area contributed by atoms with Gasteiger partial charge in [-0.05, 0) is 118 Å². The summed E-state index contributed by atoms with van der Waals surface area (Å²) in [5.74, 6) is 8.19. The monoisotopic (exact) mass is 414 g/mol. The molecule has 9 aliphatic carbocycles. The Morgan fingerprint density at radius 2 is 0.594 bits per heavy atom. The van der Waals surface area contributed by atoms with Crippen LogP contribution in [0.5, 0.6) is 0 Å². The maximum Gasteiger partial charge on any atom is -0.00846 e. The van der Waals surface area contributed by atoms with Gasteiger partial charge in [-0.2, -0.15) is 0 Å². The van der Waals surface area contributed by atoms with E-state index in [4.69, 9.17) is 0 Å². The van der Waals surface area contributed by atoms with Crippen LogP contribution in [0.3, 0.4) is 0 Å². The Kier molecular flexibility index (Phi) is 3.10. The Hall–Kier alpha value is -2.34. The van der Waals surface area contributed by atoms with E-state index in [-0.39, 0.29) is 0 Å². The van der Waals surface area contributed by atoms with Crippen molar-refractivity contribution in [2.45, 2.75) is 61.2 Å². The fourth-order valence-electron chi connectivity index (χ4n) is 10.8. The molecule has 9 aliphatic rings. The Bertz CT molecular complexity index is 1100. The molecule has 0 heterocycles. The molecule has 0 nitrogen and oxygen atoms in total. The zero-order valence-corrected chi connectivity index (χ0v) is 18.5. The van der Waals surface area contributed by atoms with Crippen molar-refractivity contribution in [3.8, 4) is 0 Å². The predicted molar refractivity (Wildman–Crippen MR) is 128 cm³/mol. The molecule has 0 aliphatic heterocycles. The lowest BCUT2D eigenvalue weighted by atomic mass is 9.34. The second-order valence-corrected chi connectivity index (χ2v) is 11.8. The summed E-state index contributed by atoms with van der Waals surface area (Å²) in [4.78, 5) is 0. The minimum Gasteiger partial charge on any atom is -0.0620 e. The maximum atomic E-state index is 2.54. The third-order valence-corrected chi connectivity index (χ3v) is 11.3. The standard InChI is InChI=1S/C32H30/c1-2-8-18-17(7-1)23-13-14-24(18)30-28-22-12-6-5-11-21(22)27(29(23)30)31-25-15-16-26(32(28)31)20-10-4-3-9-19(20)25/h1-12,23-32H,13-16H2. The molecule has 0 spiro atoms. The van der Waals surface area contributed by atoms with Crippen molar-refractivity contribution in [2.75, 3.05) is 0 Å². The quantitative estimate of drug-likeness (QED) is 0.354. The lowest BCUT2D eigenvalue weighted by molar-refractivity contribution is -0.0671. The molecular weight excluding hydrogens is 384 g/mol. The van der Waals surface area contributed by atoms with Crippen molar-refractivity contribution in [1.29, 1.82) is 0 Å². The van der Waals surface area contributed by atoms with Crippen molar-refractivity contribution in [1.82, 2.24) is 0 Å². The van der Waals surface area contributed by atoms with Gasteiger partial charge in [-0.25, -0.2) is 0 Å². The first-order chi connectivity index (χ1) is 15.9. The molecule has 6 bridgehead atoms. The van der Waals surface area contributed by atoms with Gasteiger partial charge in [0.2, 0.25) is 0 Å². The largest absolute Gasteiger partial charge is 0.0620 e. The summed E-state index contributed by atoms with van der Waals surface area (Å²) in [6.07, 6.45) is 5.71. The number of hydrogen-bond donors (Lipinski definition) is 0. The van der Waals surface area contributed by atoms with Gasteiger partial charge in [-0.3, -0.25) is 0 Å². The van der Waals surface area contributed by atoms with Crippen LogP contribution in [0.25, 0.3) is 0 Å².